The Balaban J connectivity index is 0.00000256. The summed E-state index contributed by atoms with van der Waals surface area (Å²) in [6.07, 6.45) is 6.52. The quantitative estimate of drug-likeness (QED) is 0.523. The van der Waals surface area contributed by atoms with Crippen LogP contribution in [0.4, 0.5) is 0 Å². The van der Waals surface area contributed by atoms with E-state index in [4.69, 9.17) is 0 Å². The zero-order valence-electron chi connectivity index (χ0n) is 11.4. The predicted octanol–water partition coefficient (Wildman–Crippen LogP) is 4.36. The van der Waals surface area contributed by atoms with E-state index in [0.29, 0.717) is 6.04 Å². The first kappa shape index (κ1) is 16.9. The molecule has 0 saturated carbocycles. The lowest BCUT2D eigenvalue weighted by molar-refractivity contribution is 0.270. The highest BCUT2D eigenvalue weighted by Gasteiger charge is 2.11. The summed E-state index contributed by atoms with van der Waals surface area (Å²) < 4.78 is 0. The average molecular weight is 347 g/mol. The third-order valence-corrected chi connectivity index (χ3v) is 3.19. The van der Waals surface area contributed by atoms with Crippen molar-refractivity contribution in [3.8, 4) is 0 Å². The summed E-state index contributed by atoms with van der Waals surface area (Å²) >= 11 is 0. The smallest absolute Gasteiger partial charge is 0.0130 e. The van der Waals surface area contributed by atoms with Gasteiger partial charge in [0.05, 0.1) is 0 Å². The first-order valence-corrected chi connectivity index (χ1v) is 6.44. The highest BCUT2D eigenvalue weighted by Crippen LogP contribution is 2.13. The fourth-order valence-corrected chi connectivity index (χ4v) is 2.06. The molecule has 0 N–H and O–H groups in total. The summed E-state index contributed by atoms with van der Waals surface area (Å²) in [5.74, 6) is 0. The van der Waals surface area contributed by atoms with Crippen LogP contribution in [0.1, 0.15) is 38.2 Å². The van der Waals surface area contributed by atoms with Crippen molar-refractivity contribution in [2.24, 2.45) is 0 Å². The summed E-state index contributed by atoms with van der Waals surface area (Å²) in [5, 5.41) is 0. The van der Waals surface area contributed by atoms with Gasteiger partial charge < -0.3 is 4.90 Å². The standard InChI is InChI=1S/C15H25N.HI/c1-4-5-7-12-15(16(2)3)13-14-10-8-6-9-11-14;/h6,8-11,15H,4-5,7,12-13H2,1-3H3;1H. The summed E-state index contributed by atoms with van der Waals surface area (Å²) in [5.41, 5.74) is 1.46. The summed E-state index contributed by atoms with van der Waals surface area (Å²) in [4.78, 5) is 2.36. The molecule has 17 heavy (non-hydrogen) atoms. The fourth-order valence-electron chi connectivity index (χ4n) is 2.06. The van der Waals surface area contributed by atoms with E-state index in [1.807, 2.05) is 0 Å². The van der Waals surface area contributed by atoms with E-state index in [0.717, 1.165) is 0 Å². The van der Waals surface area contributed by atoms with Gasteiger partial charge in [-0.25, -0.2) is 0 Å². The Morgan fingerprint density at radius 1 is 1.06 bits per heavy atom. The first-order chi connectivity index (χ1) is 7.74. The largest absolute Gasteiger partial charge is 0.306 e. The van der Waals surface area contributed by atoms with Crippen molar-refractivity contribution in [3.05, 3.63) is 35.9 Å². The summed E-state index contributed by atoms with van der Waals surface area (Å²) in [6.45, 7) is 2.27. The van der Waals surface area contributed by atoms with Crippen molar-refractivity contribution < 1.29 is 0 Å². The average Bonchev–Trinajstić information content (AvgIpc) is 2.29. The van der Waals surface area contributed by atoms with Gasteiger partial charge in [0.2, 0.25) is 0 Å². The zero-order valence-corrected chi connectivity index (χ0v) is 13.7. The molecule has 0 fully saturated rings. The molecule has 0 heterocycles. The van der Waals surface area contributed by atoms with Gasteiger partial charge >= 0.3 is 0 Å². The molecule has 0 aliphatic carbocycles. The summed E-state index contributed by atoms with van der Waals surface area (Å²) in [6, 6.07) is 11.5. The zero-order chi connectivity index (χ0) is 11.8. The molecule has 0 radical (unpaired) electrons. The molecule has 0 amide bonds. The van der Waals surface area contributed by atoms with Crippen molar-refractivity contribution in [1.29, 1.82) is 0 Å². The maximum Gasteiger partial charge on any atom is 0.0130 e. The van der Waals surface area contributed by atoms with Crippen LogP contribution in [-0.4, -0.2) is 25.0 Å². The molecule has 0 aromatic heterocycles. The number of halogens is 1. The van der Waals surface area contributed by atoms with Gasteiger partial charge in [0, 0.05) is 6.04 Å². The Hall–Kier alpha value is -0.0900. The second-order valence-corrected chi connectivity index (χ2v) is 4.80. The third kappa shape index (κ3) is 7.04. The second kappa shape index (κ2) is 9.89. The van der Waals surface area contributed by atoms with Crippen molar-refractivity contribution in [2.45, 2.75) is 45.1 Å². The lowest BCUT2D eigenvalue weighted by Gasteiger charge is -2.24. The molecule has 0 aliphatic rings. The molecular weight excluding hydrogens is 321 g/mol. The Morgan fingerprint density at radius 2 is 1.71 bits per heavy atom. The van der Waals surface area contributed by atoms with E-state index in [2.05, 4.69) is 56.3 Å². The van der Waals surface area contributed by atoms with Gasteiger partial charge in [0.25, 0.3) is 0 Å². The molecule has 1 unspecified atom stereocenters. The molecule has 2 heteroatoms. The lowest BCUT2D eigenvalue weighted by atomic mass is 10.00. The van der Waals surface area contributed by atoms with E-state index >= 15 is 0 Å². The van der Waals surface area contributed by atoms with E-state index in [1.54, 1.807) is 0 Å². The van der Waals surface area contributed by atoms with E-state index in [1.165, 1.54) is 37.7 Å². The van der Waals surface area contributed by atoms with Crippen molar-refractivity contribution >= 4 is 24.0 Å². The molecule has 1 aromatic carbocycles. The highest BCUT2D eigenvalue weighted by molar-refractivity contribution is 14.0. The number of hydrogen-bond donors (Lipinski definition) is 0. The van der Waals surface area contributed by atoms with Crippen LogP contribution in [0.15, 0.2) is 30.3 Å². The number of likely N-dealkylation sites (N-methyl/N-ethyl adjacent to an activating group) is 1. The first-order valence-electron chi connectivity index (χ1n) is 6.44. The van der Waals surface area contributed by atoms with Crippen LogP contribution in [0.25, 0.3) is 0 Å². The molecule has 0 saturated heterocycles. The van der Waals surface area contributed by atoms with Gasteiger partial charge in [-0.15, -0.1) is 24.0 Å². The lowest BCUT2D eigenvalue weighted by Crippen LogP contribution is -2.30. The van der Waals surface area contributed by atoms with Crippen LogP contribution in [0, 0.1) is 0 Å². The molecule has 0 aliphatic heterocycles. The van der Waals surface area contributed by atoms with Gasteiger partial charge in [-0.3, -0.25) is 0 Å². The Bertz CT molecular complexity index is 272. The third-order valence-electron chi connectivity index (χ3n) is 3.19. The molecule has 0 spiro atoms. The van der Waals surface area contributed by atoms with Gasteiger partial charge in [0.1, 0.15) is 0 Å². The Labute approximate surface area is 124 Å². The van der Waals surface area contributed by atoms with Crippen molar-refractivity contribution in [1.82, 2.24) is 4.90 Å². The van der Waals surface area contributed by atoms with Crippen molar-refractivity contribution in [3.63, 3.8) is 0 Å². The number of unbranched alkanes of at least 4 members (excludes halogenated alkanes) is 2. The predicted molar refractivity (Wildman–Crippen MR) is 87.2 cm³/mol. The molecule has 1 nitrogen and oxygen atoms in total. The monoisotopic (exact) mass is 347 g/mol. The number of nitrogens with zero attached hydrogens (tertiary/aromatic N) is 1. The minimum absolute atomic E-state index is 0. The SMILES string of the molecule is CCCCCC(Cc1ccccc1)N(C)C.I. The minimum Gasteiger partial charge on any atom is -0.306 e. The van der Waals surface area contributed by atoms with Crippen LogP contribution < -0.4 is 0 Å². The molecular formula is C15H26IN. The Morgan fingerprint density at radius 3 is 2.24 bits per heavy atom. The highest BCUT2D eigenvalue weighted by atomic mass is 127. The van der Waals surface area contributed by atoms with Crippen LogP contribution in [0.2, 0.25) is 0 Å². The molecule has 1 atom stereocenters. The molecule has 98 valence electrons. The molecule has 1 aromatic rings. The Kier molecular flexibility index (Phi) is 9.84. The van der Waals surface area contributed by atoms with Crippen molar-refractivity contribution in [2.75, 3.05) is 14.1 Å². The van der Waals surface area contributed by atoms with E-state index < -0.39 is 0 Å². The van der Waals surface area contributed by atoms with E-state index in [-0.39, 0.29) is 24.0 Å². The normalized spacial score (nSPS) is 12.2. The van der Waals surface area contributed by atoms with Crippen LogP contribution >= 0.6 is 24.0 Å². The number of rotatable bonds is 7. The molecule has 1 rings (SSSR count). The van der Waals surface area contributed by atoms with Gasteiger partial charge in [-0.05, 0) is 32.5 Å². The van der Waals surface area contributed by atoms with E-state index in [9.17, 15) is 0 Å². The maximum atomic E-state index is 2.36. The number of hydrogen-bond acceptors (Lipinski definition) is 1. The van der Waals surface area contributed by atoms with Gasteiger partial charge in [-0.1, -0.05) is 56.5 Å². The summed E-state index contributed by atoms with van der Waals surface area (Å²) in [7, 11) is 4.39. The maximum absolute atomic E-state index is 2.36. The van der Waals surface area contributed by atoms with Gasteiger partial charge in [0.15, 0.2) is 0 Å². The number of benzene rings is 1. The van der Waals surface area contributed by atoms with Crippen LogP contribution in [-0.2, 0) is 6.42 Å². The topological polar surface area (TPSA) is 3.24 Å². The van der Waals surface area contributed by atoms with Crippen LogP contribution in [0.3, 0.4) is 0 Å². The fraction of sp³-hybridized carbons (Fsp3) is 0.600. The minimum atomic E-state index is 0. The second-order valence-electron chi connectivity index (χ2n) is 4.80. The van der Waals surface area contributed by atoms with Crippen LogP contribution in [0.5, 0.6) is 0 Å². The molecule has 0 bridgehead atoms. The van der Waals surface area contributed by atoms with Gasteiger partial charge in [-0.2, -0.15) is 0 Å².